The minimum absolute atomic E-state index is 0.123. The third kappa shape index (κ3) is 31.4. The molecule has 284 valence electrons. The van der Waals surface area contributed by atoms with Gasteiger partial charge in [-0.15, -0.1) is 0 Å². The van der Waals surface area contributed by atoms with Crippen molar-refractivity contribution >= 4 is 12.1 Å². The Kier molecular flexibility index (Phi) is 31.3. The number of nitrogens with one attached hydrogen (secondary N) is 1. The Morgan fingerprint density at radius 2 is 0.878 bits per heavy atom. The van der Waals surface area contributed by atoms with Crippen molar-refractivity contribution in [1.82, 2.24) is 5.32 Å². The fraction of sp³-hybridized carbons (Fsp3) is 0.773. The van der Waals surface area contributed by atoms with Crippen LogP contribution in [0.5, 0.6) is 0 Å². The summed E-state index contributed by atoms with van der Waals surface area (Å²) in [6.45, 7) is 10.1. The van der Waals surface area contributed by atoms with Crippen LogP contribution in [0.4, 0.5) is 4.79 Å². The Bertz CT molecular complexity index is 847. The van der Waals surface area contributed by atoms with Crippen LogP contribution in [0, 0.1) is 5.41 Å². The molecule has 0 bridgehead atoms. The van der Waals surface area contributed by atoms with Gasteiger partial charge in [0.2, 0.25) is 0 Å². The smallest absolute Gasteiger partial charge is 0.407 e. The van der Waals surface area contributed by atoms with E-state index in [2.05, 4.69) is 67.8 Å². The van der Waals surface area contributed by atoms with Crippen LogP contribution >= 0.6 is 0 Å². The first kappa shape index (κ1) is 46.7. The van der Waals surface area contributed by atoms with Crippen molar-refractivity contribution in [1.29, 1.82) is 0 Å². The summed E-state index contributed by atoms with van der Waals surface area (Å²) < 4.78 is 5.42. The van der Waals surface area contributed by atoms with Gasteiger partial charge in [0.1, 0.15) is 5.60 Å². The monoisotopic (exact) mass is 686 g/mol. The fourth-order valence-corrected chi connectivity index (χ4v) is 6.05. The molecule has 0 radical (unpaired) electrons. The third-order valence-corrected chi connectivity index (χ3v) is 9.14. The Morgan fingerprint density at radius 1 is 0.531 bits per heavy atom. The zero-order valence-electron chi connectivity index (χ0n) is 32.9. The highest BCUT2D eigenvalue weighted by Gasteiger charge is 2.38. The van der Waals surface area contributed by atoms with E-state index < -0.39 is 23.1 Å². The number of rotatable bonds is 33. The molecular formula is C44H79NO4. The van der Waals surface area contributed by atoms with Crippen LogP contribution < -0.4 is 5.32 Å². The van der Waals surface area contributed by atoms with Crippen molar-refractivity contribution in [3.63, 3.8) is 0 Å². The second-order valence-corrected chi connectivity index (χ2v) is 15.1. The molecule has 5 heteroatoms. The average molecular weight is 686 g/mol. The number of amides is 1. The number of unbranched alkanes of at least 4 members (excludes halogenated alkanes) is 18. The van der Waals surface area contributed by atoms with Gasteiger partial charge in [0.25, 0.3) is 0 Å². The summed E-state index contributed by atoms with van der Waals surface area (Å²) in [5, 5.41) is 13.2. The number of hydrogen-bond acceptors (Lipinski definition) is 3. The summed E-state index contributed by atoms with van der Waals surface area (Å²) in [6, 6.07) is 0. The van der Waals surface area contributed by atoms with Crippen LogP contribution in [0.1, 0.15) is 202 Å². The van der Waals surface area contributed by atoms with Crippen LogP contribution in [0.2, 0.25) is 0 Å². The van der Waals surface area contributed by atoms with E-state index in [0.29, 0.717) is 12.8 Å². The van der Waals surface area contributed by atoms with Gasteiger partial charge in [-0.05, 0) is 97.8 Å². The summed E-state index contributed by atoms with van der Waals surface area (Å²) in [5.41, 5.74) is -1.56. The predicted molar refractivity (Wildman–Crippen MR) is 212 cm³/mol. The molecule has 0 rings (SSSR count). The molecule has 0 aliphatic heterocycles. The Balaban J connectivity index is 4.46. The molecule has 0 heterocycles. The van der Waals surface area contributed by atoms with Crippen LogP contribution in [0.3, 0.4) is 0 Å². The van der Waals surface area contributed by atoms with Crippen molar-refractivity contribution in [2.45, 2.75) is 207 Å². The molecular weight excluding hydrogens is 606 g/mol. The van der Waals surface area contributed by atoms with Crippen LogP contribution in [0.25, 0.3) is 0 Å². The minimum atomic E-state index is -0.943. The average Bonchev–Trinajstić information content (AvgIpc) is 3.05. The Labute approximate surface area is 303 Å². The molecule has 1 amide bonds. The van der Waals surface area contributed by atoms with Gasteiger partial charge in [-0.2, -0.15) is 0 Å². The van der Waals surface area contributed by atoms with Crippen molar-refractivity contribution in [2.24, 2.45) is 5.41 Å². The molecule has 0 aromatic rings. The van der Waals surface area contributed by atoms with Crippen molar-refractivity contribution < 1.29 is 19.4 Å². The summed E-state index contributed by atoms with van der Waals surface area (Å²) in [6.07, 6.45) is 46.8. The zero-order chi connectivity index (χ0) is 36.3. The lowest BCUT2D eigenvalue weighted by atomic mass is 9.77. The molecule has 49 heavy (non-hydrogen) atoms. The van der Waals surface area contributed by atoms with E-state index in [1.54, 1.807) is 0 Å². The zero-order valence-corrected chi connectivity index (χ0v) is 32.9. The van der Waals surface area contributed by atoms with E-state index in [9.17, 15) is 14.7 Å². The number of aliphatic carboxylic acids is 1. The van der Waals surface area contributed by atoms with Gasteiger partial charge in [-0.3, -0.25) is 4.79 Å². The lowest BCUT2D eigenvalue weighted by molar-refractivity contribution is -0.149. The van der Waals surface area contributed by atoms with Crippen molar-refractivity contribution in [3.05, 3.63) is 48.6 Å². The van der Waals surface area contributed by atoms with Gasteiger partial charge < -0.3 is 15.2 Å². The lowest BCUT2D eigenvalue weighted by Crippen LogP contribution is -2.44. The summed E-state index contributed by atoms with van der Waals surface area (Å²) in [7, 11) is 0. The van der Waals surface area contributed by atoms with E-state index in [1.807, 2.05) is 20.8 Å². The van der Waals surface area contributed by atoms with E-state index in [1.165, 1.54) is 89.9 Å². The van der Waals surface area contributed by atoms with Gasteiger partial charge in [0, 0.05) is 6.54 Å². The van der Waals surface area contributed by atoms with Crippen molar-refractivity contribution in [3.8, 4) is 0 Å². The maximum absolute atomic E-state index is 12.7. The Morgan fingerprint density at radius 3 is 1.22 bits per heavy atom. The predicted octanol–water partition coefficient (Wildman–Crippen LogP) is 14.0. The highest BCUT2D eigenvalue weighted by molar-refractivity contribution is 5.76. The van der Waals surface area contributed by atoms with Crippen molar-refractivity contribution in [2.75, 3.05) is 6.54 Å². The number of allylic oxidation sites excluding steroid dienone is 8. The van der Waals surface area contributed by atoms with Gasteiger partial charge in [0.15, 0.2) is 0 Å². The highest BCUT2D eigenvalue weighted by atomic mass is 16.6. The number of alkyl carbamates (subject to hydrolysis) is 1. The molecule has 0 saturated carbocycles. The highest BCUT2D eigenvalue weighted by Crippen LogP contribution is 2.32. The van der Waals surface area contributed by atoms with Crippen LogP contribution in [-0.4, -0.2) is 29.3 Å². The number of carboxylic acid groups (broad SMARTS) is 1. The standard InChI is InChI=1S/C44H79NO4/c1-6-8-10-12-14-16-18-20-22-24-26-28-30-32-34-36-38-44(41(46)47,40-45-42(48)49-43(3,4)5)39-37-35-33-31-29-27-25-23-21-19-17-15-13-11-9-7-2/h14-17,20-23H,6-13,18-19,24-40H2,1-5H3,(H,45,48)(H,46,47)/b16-14-,17-15-,22-20-,23-21-. The molecule has 0 saturated heterocycles. The number of carboxylic acids is 1. The third-order valence-electron chi connectivity index (χ3n) is 9.14. The van der Waals surface area contributed by atoms with Gasteiger partial charge in [-0.25, -0.2) is 4.79 Å². The van der Waals surface area contributed by atoms with E-state index >= 15 is 0 Å². The Hall–Kier alpha value is -2.30. The van der Waals surface area contributed by atoms with Gasteiger partial charge in [0.05, 0.1) is 5.41 Å². The number of ether oxygens (including phenoxy) is 1. The molecule has 5 nitrogen and oxygen atoms in total. The second kappa shape index (κ2) is 32.9. The van der Waals surface area contributed by atoms with Crippen LogP contribution in [0.15, 0.2) is 48.6 Å². The molecule has 0 aromatic heterocycles. The first-order valence-corrected chi connectivity index (χ1v) is 20.5. The van der Waals surface area contributed by atoms with Crippen LogP contribution in [-0.2, 0) is 9.53 Å². The molecule has 2 N–H and O–H groups in total. The summed E-state index contributed by atoms with van der Waals surface area (Å²) in [4.78, 5) is 25.1. The normalized spacial score (nSPS) is 12.7. The quantitative estimate of drug-likeness (QED) is 0.0532. The molecule has 0 atom stereocenters. The largest absolute Gasteiger partial charge is 0.481 e. The fourth-order valence-electron chi connectivity index (χ4n) is 6.05. The molecule has 0 aromatic carbocycles. The molecule has 0 aliphatic rings. The summed E-state index contributed by atoms with van der Waals surface area (Å²) >= 11 is 0. The van der Waals surface area contributed by atoms with Gasteiger partial charge in [-0.1, -0.05) is 152 Å². The first-order valence-electron chi connectivity index (χ1n) is 20.5. The lowest BCUT2D eigenvalue weighted by Gasteiger charge is -2.30. The molecule has 0 aliphatic carbocycles. The first-order chi connectivity index (χ1) is 23.7. The molecule has 0 fully saturated rings. The number of hydrogen-bond donors (Lipinski definition) is 2. The summed E-state index contributed by atoms with van der Waals surface area (Å²) in [5.74, 6) is -0.797. The molecule has 0 unspecified atom stereocenters. The number of carbonyl (C=O) groups is 2. The van der Waals surface area contributed by atoms with E-state index in [4.69, 9.17) is 4.74 Å². The van der Waals surface area contributed by atoms with E-state index in [-0.39, 0.29) is 6.54 Å². The topological polar surface area (TPSA) is 75.6 Å². The van der Waals surface area contributed by atoms with E-state index in [0.717, 1.165) is 64.2 Å². The molecule has 0 spiro atoms. The SMILES string of the molecule is CCCCC/C=C\C/C=C\CCCCCCCCC(CCCCCCCC/C=C\C/C=C\CCCCC)(CNC(=O)OC(C)(C)C)C(=O)O. The number of carbonyl (C=O) groups excluding carboxylic acids is 1. The minimum Gasteiger partial charge on any atom is -0.481 e. The maximum atomic E-state index is 12.7. The maximum Gasteiger partial charge on any atom is 0.407 e. The second-order valence-electron chi connectivity index (χ2n) is 15.1. The van der Waals surface area contributed by atoms with Gasteiger partial charge >= 0.3 is 12.1 Å².